The van der Waals surface area contributed by atoms with Crippen molar-refractivity contribution in [3.63, 3.8) is 0 Å². The van der Waals surface area contributed by atoms with Gasteiger partial charge in [0.2, 0.25) is 15.6 Å². The van der Waals surface area contributed by atoms with Gasteiger partial charge in [-0.05, 0) is 49.4 Å². The lowest BCUT2D eigenvalue weighted by atomic mass is 9.81. The summed E-state index contributed by atoms with van der Waals surface area (Å²) in [5.74, 6) is 5.90. The lowest BCUT2D eigenvalue weighted by Gasteiger charge is -2.42. The van der Waals surface area contributed by atoms with Gasteiger partial charge < -0.3 is 4.74 Å². The fraction of sp³-hybridized carbons (Fsp3) is 0.281. The zero-order valence-corrected chi connectivity index (χ0v) is 23.2. The van der Waals surface area contributed by atoms with E-state index >= 15 is 0 Å². The number of carbonyl (C=O) groups excluding carboxylic acids is 1. The summed E-state index contributed by atoms with van der Waals surface area (Å²) in [6.07, 6.45) is 1.93. The van der Waals surface area contributed by atoms with Gasteiger partial charge in [-0.3, -0.25) is 4.79 Å². The SMILES string of the molecule is C=CCN([C@@H](CC(C)C)C(C#Cc1ccccc1)(OC(C)=O)c1ccccc1)S(=O)(=O)c1ccc(C)cc1. The number of sulfonamides is 1. The van der Waals surface area contributed by atoms with E-state index in [1.54, 1.807) is 30.3 Å². The molecule has 0 bridgehead atoms. The summed E-state index contributed by atoms with van der Waals surface area (Å²) in [6.45, 7) is 11.1. The van der Waals surface area contributed by atoms with Crippen molar-refractivity contribution in [1.82, 2.24) is 4.31 Å². The second-order valence-electron chi connectivity index (χ2n) is 9.63. The number of carbonyl (C=O) groups is 1. The van der Waals surface area contributed by atoms with Crippen LogP contribution in [0.15, 0.2) is 102 Å². The van der Waals surface area contributed by atoms with E-state index in [0.29, 0.717) is 12.0 Å². The number of hydrogen-bond acceptors (Lipinski definition) is 4. The summed E-state index contributed by atoms with van der Waals surface area (Å²) in [5, 5.41) is 0. The molecule has 0 aliphatic carbocycles. The molecule has 0 aromatic heterocycles. The van der Waals surface area contributed by atoms with Gasteiger partial charge in [0.05, 0.1) is 10.9 Å². The molecule has 0 saturated carbocycles. The Balaban J connectivity index is 2.36. The van der Waals surface area contributed by atoms with Crippen molar-refractivity contribution in [2.75, 3.05) is 6.54 Å². The van der Waals surface area contributed by atoms with Crippen molar-refractivity contribution in [2.45, 2.75) is 50.7 Å². The first kappa shape index (κ1) is 28.9. The lowest BCUT2D eigenvalue weighted by Crippen LogP contribution is -2.55. The molecular weight excluding hydrogens is 494 g/mol. The summed E-state index contributed by atoms with van der Waals surface area (Å²) in [7, 11) is -4.03. The van der Waals surface area contributed by atoms with Gasteiger partial charge >= 0.3 is 5.97 Å². The minimum absolute atomic E-state index is 0.0104. The molecule has 3 aromatic carbocycles. The van der Waals surface area contributed by atoms with Crippen LogP contribution in [0, 0.1) is 24.7 Å². The van der Waals surface area contributed by atoms with Gasteiger partial charge in [-0.2, -0.15) is 4.31 Å². The molecule has 0 amide bonds. The molecule has 0 aliphatic heterocycles. The Kier molecular flexibility index (Phi) is 9.68. The second kappa shape index (κ2) is 12.7. The first-order chi connectivity index (χ1) is 18.1. The molecule has 0 spiro atoms. The van der Waals surface area contributed by atoms with Crippen molar-refractivity contribution in [3.8, 4) is 11.8 Å². The predicted octanol–water partition coefficient (Wildman–Crippen LogP) is 6.10. The highest BCUT2D eigenvalue weighted by atomic mass is 32.2. The summed E-state index contributed by atoms with van der Waals surface area (Å²) >= 11 is 0. The molecule has 6 heteroatoms. The van der Waals surface area contributed by atoms with Gasteiger partial charge in [-0.25, -0.2) is 8.42 Å². The van der Waals surface area contributed by atoms with E-state index in [1.165, 1.54) is 11.2 Å². The highest BCUT2D eigenvalue weighted by molar-refractivity contribution is 7.89. The van der Waals surface area contributed by atoms with Crippen LogP contribution >= 0.6 is 0 Å². The summed E-state index contributed by atoms with van der Waals surface area (Å²) in [5.41, 5.74) is 0.677. The largest absolute Gasteiger partial charge is 0.440 e. The summed E-state index contributed by atoms with van der Waals surface area (Å²) < 4.78 is 35.9. The average Bonchev–Trinajstić information content (AvgIpc) is 2.89. The number of ether oxygens (including phenoxy) is 1. The summed E-state index contributed by atoms with van der Waals surface area (Å²) in [6, 6.07) is 24.4. The van der Waals surface area contributed by atoms with Crippen molar-refractivity contribution >= 4 is 16.0 Å². The minimum Gasteiger partial charge on any atom is -0.440 e. The zero-order valence-electron chi connectivity index (χ0n) is 22.4. The van der Waals surface area contributed by atoms with Crippen LogP contribution in [0.3, 0.4) is 0 Å². The number of benzene rings is 3. The van der Waals surface area contributed by atoms with Gasteiger partial charge in [0.15, 0.2) is 0 Å². The monoisotopic (exact) mass is 529 g/mol. The van der Waals surface area contributed by atoms with Crippen LogP contribution in [0.25, 0.3) is 0 Å². The number of rotatable bonds is 10. The Morgan fingerprint density at radius 1 is 1.00 bits per heavy atom. The van der Waals surface area contributed by atoms with E-state index in [0.717, 1.165) is 11.1 Å². The van der Waals surface area contributed by atoms with E-state index in [9.17, 15) is 13.2 Å². The molecular formula is C32H35NO4S. The number of hydrogen-bond donors (Lipinski definition) is 0. The molecule has 0 N–H and O–H groups in total. The molecule has 5 nitrogen and oxygen atoms in total. The van der Waals surface area contributed by atoms with Crippen LogP contribution in [0.5, 0.6) is 0 Å². The van der Waals surface area contributed by atoms with E-state index < -0.39 is 27.6 Å². The van der Waals surface area contributed by atoms with Crippen molar-refractivity contribution in [1.29, 1.82) is 0 Å². The highest BCUT2D eigenvalue weighted by Crippen LogP contribution is 2.38. The Morgan fingerprint density at radius 2 is 1.58 bits per heavy atom. The van der Waals surface area contributed by atoms with Gasteiger partial charge in [0, 0.05) is 24.6 Å². The second-order valence-corrected chi connectivity index (χ2v) is 11.5. The van der Waals surface area contributed by atoms with E-state index in [4.69, 9.17) is 4.74 Å². The molecule has 3 rings (SSSR count). The maximum Gasteiger partial charge on any atom is 0.304 e. The van der Waals surface area contributed by atoms with Crippen LogP contribution in [0.4, 0.5) is 0 Å². The molecule has 0 radical (unpaired) electrons. The standard InChI is InChI=1S/C32H35NO4S/c1-6-23-33(38(35,36)30-19-17-26(4)18-20-30)31(24-25(2)3)32(37-27(5)34,29-15-11-8-12-16-29)22-21-28-13-9-7-10-14-28/h6-20,25,31H,1,23-24H2,2-5H3/t31-,32?/m0/s1. The van der Waals surface area contributed by atoms with Crippen molar-refractivity contribution in [2.24, 2.45) is 5.92 Å². The topological polar surface area (TPSA) is 63.7 Å². The molecule has 198 valence electrons. The molecule has 0 aliphatic rings. The van der Waals surface area contributed by atoms with Crippen LogP contribution in [0.2, 0.25) is 0 Å². The van der Waals surface area contributed by atoms with Crippen molar-refractivity contribution < 1.29 is 17.9 Å². The van der Waals surface area contributed by atoms with Crippen LogP contribution < -0.4 is 0 Å². The normalized spacial score (nSPS) is 13.7. The maximum atomic E-state index is 14.2. The van der Waals surface area contributed by atoms with Crippen LogP contribution in [-0.4, -0.2) is 31.3 Å². The third kappa shape index (κ3) is 6.80. The third-order valence-electron chi connectivity index (χ3n) is 6.12. The molecule has 2 atom stereocenters. The molecule has 0 saturated heterocycles. The quantitative estimate of drug-likeness (QED) is 0.181. The first-order valence-corrected chi connectivity index (χ1v) is 14.1. The van der Waals surface area contributed by atoms with Crippen LogP contribution in [0.1, 0.15) is 43.9 Å². The van der Waals surface area contributed by atoms with E-state index in [1.807, 2.05) is 81.4 Å². The smallest absolute Gasteiger partial charge is 0.304 e. The minimum atomic E-state index is -4.03. The summed E-state index contributed by atoms with van der Waals surface area (Å²) in [4.78, 5) is 12.8. The average molecular weight is 530 g/mol. The van der Waals surface area contributed by atoms with Crippen LogP contribution in [-0.2, 0) is 25.2 Å². The molecule has 3 aromatic rings. The molecule has 0 fully saturated rings. The van der Waals surface area contributed by atoms with E-state index in [2.05, 4.69) is 18.4 Å². The molecule has 38 heavy (non-hydrogen) atoms. The molecule has 1 unspecified atom stereocenters. The van der Waals surface area contributed by atoms with Crippen molar-refractivity contribution in [3.05, 3.63) is 114 Å². The number of nitrogens with zero attached hydrogens (tertiary/aromatic N) is 1. The lowest BCUT2D eigenvalue weighted by molar-refractivity contribution is -0.157. The Bertz CT molecular complexity index is 1390. The van der Waals surface area contributed by atoms with Gasteiger partial charge in [-0.15, -0.1) is 6.58 Å². The Hall–Kier alpha value is -3.66. The Morgan fingerprint density at radius 3 is 2.11 bits per heavy atom. The van der Waals surface area contributed by atoms with Gasteiger partial charge in [0.1, 0.15) is 0 Å². The van der Waals surface area contributed by atoms with Gasteiger partial charge in [0.25, 0.3) is 0 Å². The fourth-order valence-corrected chi connectivity index (χ4v) is 6.02. The predicted molar refractivity (Wildman–Crippen MR) is 152 cm³/mol. The fourth-order valence-electron chi connectivity index (χ4n) is 4.40. The number of esters is 1. The first-order valence-electron chi connectivity index (χ1n) is 12.6. The number of aryl methyl sites for hydroxylation is 1. The van der Waals surface area contributed by atoms with E-state index in [-0.39, 0.29) is 17.4 Å². The third-order valence-corrected chi connectivity index (χ3v) is 8.01. The zero-order chi connectivity index (χ0) is 27.8. The highest BCUT2D eigenvalue weighted by Gasteiger charge is 2.49. The van der Waals surface area contributed by atoms with Gasteiger partial charge in [-0.1, -0.05) is 92.1 Å². The maximum absolute atomic E-state index is 14.2. The molecule has 0 heterocycles. The Labute approximate surface area is 227 Å².